The average molecular weight is 392 g/mol. The monoisotopic (exact) mass is 392 g/mol. The second-order valence-corrected chi connectivity index (χ2v) is 7.78. The number of benzene rings is 1. The molecule has 3 rings (SSSR count). The Morgan fingerprint density at radius 1 is 1.39 bits per heavy atom. The van der Waals surface area contributed by atoms with Crippen LogP contribution in [0.3, 0.4) is 0 Å². The maximum atomic E-state index is 12.5. The number of nitrogens with zero attached hydrogens (tertiary/aromatic N) is 2. The van der Waals surface area contributed by atoms with Crippen molar-refractivity contribution in [1.82, 2.24) is 10.2 Å². The van der Waals surface area contributed by atoms with Crippen LogP contribution in [0.15, 0.2) is 18.2 Å². The molecule has 2 fully saturated rings. The van der Waals surface area contributed by atoms with E-state index in [1.807, 2.05) is 4.90 Å². The summed E-state index contributed by atoms with van der Waals surface area (Å²) in [5.41, 5.74) is -0.425. The molecule has 152 valence electrons. The SMILES string of the molecule is CC(C)(C)OC(=O)Nc1ccc(C2C(=O)NCCN2C2COC2)c([N+](=O)[O-])c1. The molecular weight excluding hydrogens is 368 g/mol. The average Bonchev–Trinajstić information content (AvgIpc) is 2.52. The summed E-state index contributed by atoms with van der Waals surface area (Å²) in [6.45, 7) is 7.22. The number of piperazine rings is 1. The molecule has 1 unspecified atom stereocenters. The number of hydrogen-bond donors (Lipinski definition) is 2. The highest BCUT2D eigenvalue weighted by Crippen LogP contribution is 2.35. The fourth-order valence-electron chi connectivity index (χ4n) is 3.24. The Kier molecular flexibility index (Phi) is 5.52. The van der Waals surface area contributed by atoms with Gasteiger partial charge in [-0.2, -0.15) is 0 Å². The largest absolute Gasteiger partial charge is 0.444 e. The highest BCUT2D eigenvalue weighted by molar-refractivity contribution is 5.88. The quantitative estimate of drug-likeness (QED) is 0.592. The first-order valence-electron chi connectivity index (χ1n) is 9.05. The molecular formula is C18H24N4O6. The van der Waals surface area contributed by atoms with Crippen LogP contribution in [0.25, 0.3) is 0 Å². The predicted octanol–water partition coefficient (Wildman–Crippen LogP) is 1.81. The summed E-state index contributed by atoms with van der Waals surface area (Å²) in [4.78, 5) is 37.6. The van der Waals surface area contributed by atoms with E-state index < -0.39 is 22.7 Å². The van der Waals surface area contributed by atoms with Gasteiger partial charge < -0.3 is 14.8 Å². The zero-order valence-electron chi connectivity index (χ0n) is 16.1. The van der Waals surface area contributed by atoms with Crippen molar-refractivity contribution in [2.75, 3.05) is 31.6 Å². The van der Waals surface area contributed by atoms with Crippen molar-refractivity contribution in [2.24, 2.45) is 0 Å². The Balaban J connectivity index is 1.89. The fourth-order valence-corrected chi connectivity index (χ4v) is 3.24. The van der Waals surface area contributed by atoms with Crippen molar-refractivity contribution in [1.29, 1.82) is 0 Å². The predicted molar refractivity (Wildman–Crippen MR) is 100 cm³/mol. The highest BCUT2D eigenvalue weighted by atomic mass is 16.6. The van der Waals surface area contributed by atoms with Crippen LogP contribution in [0.1, 0.15) is 32.4 Å². The third-order valence-electron chi connectivity index (χ3n) is 4.51. The molecule has 0 saturated carbocycles. The van der Waals surface area contributed by atoms with Gasteiger partial charge in [-0.3, -0.25) is 25.1 Å². The number of amides is 2. The zero-order valence-corrected chi connectivity index (χ0v) is 16.1. The molecule has 2 aliphatic rings. The van der Waals surface area contributed by atoms with Crippen molar-refractivity contribution in [3.8, 4) is 0 Å². The first-order chi connectivity index (χ1) is 13.2. The van der Waals surface area contributed by atoms with Crippen LogP contribution in [-0.2, 0) is 14.3 Å². The lowest BCUT2D eigenvalue weighted by Gasteiger charge is -2.43. The Morgan fingerprint density at radius 2 is 2.11 bits per heavy atom. The molecule has 0 bridgehead atoms. The third-order valence-corrected chi connectivity index (χ3v) is 4.51. The number of nitrogens with one attached hydrogen (secondary N) is 2. The second-order valence-electron chi connectivity index (χ2n) is 7.78. The molecule has 2 amide bonds. The second kappa shape index (κ2) is 7.72. The molecule has 2 N–H and O–H groups in total. The molecule has 10 heteroatoms. The number of nitro groups is 1. The van der Waals surface area contributed by atoms with E-state index in [0.29, 0.717) is 26.3 Å². The van der Waals surface area contributed by atoms with Crippen LogP contribution < -0.4 is 10.6 Å². The third kappa shape index (κ3) is 4.39. The summed E-state index contributed by atoms with van der Waals surface area (Å²) in [6.07, 6.45) is -0.710. The van der Waals surface area contributed by atoms with Gasteiger partial charge in [0.25, 0.3) is 5.69 Å². The normalized spacial score (nSPS) is 20.8. The number of rotatable bonds is 4. The summed E-state index contributed by atoms with van der Waals surface area (Å²) < 4.78 is 10.4. The molecule has 1 aromatic rings. The lowest BCUT2D eigenvalue weighted by atomic mass is 9.97. The molecule has 1 atom stereocenters. The molecule has 2 aliphatic heterocycles. The van der Waals surface area contributed by atoms with Crippen LogP contribution in [0.5, 0.6) is 0 Å². The van der Waals surface area contributed by atoms with Crippen molar-refractivity contribution in [3.05, 3.63) is 33.9 Å². The van der Waals surface area contributed by atoms with Gasteiger partial charge in [0.2, 0.25) is 5.91 Å². The standard InChI is InChI=1S/C18H24N4O6/c1-18(2,3)28-17(24)20-11-4-5-13(14(8-11)22(25)26)15-16(23)19-6-7-21(15)12-9-27-10-12/h4-5,8,12,15H,6-7,9-10H2,1-3H3,(H,19,23)(H,20,24). The van der Waals surface area contributed by atoms with Crippen LogP contribution in [-0.4, -0.2) is 59.8 Å². The van der Waals surface area contributed by atoms with E-state index in [9.17, 15) is 19.7 Å². The Bertz CT molecular complexity index is 787. The van der Waals surface area contributed by atoms with Crippen LogP contribution in [0.4, 0.5) is 16.2 Å². The van der Waals surface area contributed by atoms with Crippen molar-refractivity contribution in [3.63, 3.8) is 0 Å². The minimum absolute atomic E-state index is 0.0511. The molecule has 0 spiro atoms. The van der Waals surface area contributed by atoms with Crippen LogP contribution in [0, 0.1) is 10.1 Å². The van der Waals surface area contributed by atoms with Gasteiger partial charge in [0, 0.05) is 19.2 Å². The molecule has 0 radical (unpaired) electrons. The fraction of sp³-hybridized carbons (Fsp3) is 0.556. The number of hydrogen-bond acceptors (Lipinski definition) is 7. The zero-order chi connectivity index (χ0) is 20.5. The first kappa shape index (κ1) is 20.0. The van der Waals surface area contributed by atoms with Gasteiger partial charge in [0.05, 0.1) is 35.4 Å². The number of carbonyl (C=O) groups is 2. The van der Waals surface area contributed by atoms with E-state index in [1.165, 1.54) is 18.2 Å². The van der Waals surface area contributed by atoms with E-state index in [2.05, 4.69) is 10.6 Å². The van der Waals surface area contributed by atoms with Gasteiger partial charge in [-0.05, 0) is 32.9 Å². The summed E-state index contributed by atoms with van der Waals surface area (Å²) in [6, 6.07) is 3.56. The first-order valence-corrected chi connectivity index (χ1v) is 9.05. The number of nitro benzene ring substituents is 1. The highest BCUT2D eigenvalue weighted by Gasteiger charge is 2.41. The molecule has 1 aromatic carbocycles. The lowest BCUT2D eigenvalue weighted by Crippen LogP contribution is -2.59. The van der Waals surface area contributed by atoms with E-state index in [4.69, 9.17) is 9.47 Å². The van der Waals surface area contributed by atoms with Gasteiger partial charge in [0.15, 0.2) is 0 Å². The van der Waals surface area contributed by atoms with Gasteiger partial charge >= 0.3 is 6.09 Å². The summed E-state index contributed by atoms with van der Waals surface area (Å²) in [7, 11) is 0. The molecule has 28 heavy (non-hydrogen) atoms. The summed E-state index contributed by atoms with van der Waals surface area (Å²) in [5, 5.41) is 16.9. The Morgan fingerprint density at radius 3 is 2.68 bits per heavy atom. The van der Waals surface area contributed by atoms with Gasteiger partial charge in [-0.1, -0.05) is 0 Å². The van der Waals surface area contributed by atoms with E-state index in [-0.39, 0.29) is 28.9 Å². The van der Waals surface area contributed by atoms with E-state index >= 15 is 0 Å². The number of ether oxygens (including phenoxy) is 2. The number of carbonyl (C=O) groups excluding carboxylic acids is 2. The van der Waals surface area contributed by atoms with Crippen molar-refractivity contribution >= 4 is 23.4 Å². The Hall–Kier alpha value is -2.72. The number of anilines is 1. The summed E-state index contributed by atoms with van der Waals surface area (Å²) >= 11 is 0. The van der Waals surface area contributed by atoms with Crippen molar-refractivity contribution in [2.45, 2.75) is 38.5 Å². The maximum absolute atomic E-state index is 12.5. The van der Waals surface area contributed by atoms with Crippen LogP contribution >= 0.6 is 0 Å². The minimum Gasteiger partial charge on any atom is -0.444 e. The summed E-state index contributed by atoms with van der Waals surface area (Å²) in [5.74, 6) is -0.283. The lowest BCUT2D eigenvalue weighted by molar-refractivity contribution is -0.385. The maximum Gasteiger partial charge on any atom is 0.412 e. The minimum atomic E-state index is -0.779. The molecule has 2 saturated heterocycles. The Labute approximate surface area is 162 Å². The van der Waals surface area contributed by atoms with Crippen molar-refractivity contribution < 1.29 is 24.0 Å². The molecule has 0 aromatic heterocycles. The van der Waals surface area contributed by atoms with Gasteiger partial charge in [0.1, 0.15) is 11.6 Å². The smallest absolute Gasteiger partial charge is 0.412 e. The van der Waals surface area contributed by atoms with Crippen LogP contribution in [0.2, 0.25) is 0 Å². The topological polar surface area (TPSA) is 123 Å². The van der Waals surface area contributed by atoms with E-state index in [1.54, 1.807) is 20.8 Å². The molecule has 0 aliphatic carbocycles. The molecule has 10 nitrogen and oxygen atoms in total. The van der Waals surface area contributed by atoms with Gasteiger partial charge in [-0.25, -0.2) is 4.79 Å². The molecule has 2 heterocycles. The van der Waals surface area contributed by atoms with Gasteiger partial charge in [-0.15, -0.1) is 0 Å². The van der Waals surface area contributed by atoms with E-state index in [0.717, 1.165) is 0 Å².